The molecule has 1 rings (SSSR count). The van der Waals surface area contributed by atoms with Gasteiger partial charge in [0, 0.05) is 6.07 Å². The Hall–Kier alpha value is -1.55. The van der Waals surface area contributed by atoms with Gasteiger partial charge in [-0.2, -0.15) is 5.26 Å². The lowest BCUT2D eigenvalue weighted by molar-refractivity contribution is 0.423. The van der Waals surface area contributed by atoms with E-state index in [1.165, 1.54) is 19.3 Å². The number of hydrogen-bond acceptors (Lipinski definition) is 5. The zero-order valence-corrected chi connectivity index (χ0v) is 7.58. The third-order valence-corrected chi connectivity index (χ3v) is 2.86. The molecule has 0 bridgehead atoms. The van der Waals surface area contributed by atoms with Gasteiger partial charge in [0.05, 0.1) is 6.07 Å². The van der Waals surface area contributed by atoms with Crippen LogP contribution in [-0.4, -0.2) is 18.8 Å². The molecule has 1 atom stereocenters. The van der Waals surface area contributed by atoms with Gasteiger partial charge in [-0.15, -0.1) is 0 Å². The third kappa shape index (κ3) is 2.19. The van der Waals surface area contributed by atoms with E-state index in [4.69, 9.17) is 5.26 Å². The standard InChI is InChI=1S/C6H7N3O3S/c1-5(4-7)13(10,11)9-6-2-3-12-8-6/h2-3,5H,1H3,(H,8,9). The average molecular weight is 201 g/mol. The molecule has 0 saturated heterocycles. The predicted octanol–water partition coefficient (Wildman–Crippen LogP) is 0.328. The Balaban J connectivity index is 2.81. The van der Waals surface area contributed by atoms with Crippen molar-refractivity contribution in [3.8, 4) is 6.07 Å². The molecule has 1 unspecified atom stereocenters. The van der Waals surface area contributed by atoms with Crippen LogP contribution in [0.2, 0.25) is 0 Å². The van der Waals surface area contributed by atoms with Crippen LogP contribution in [0, 0.1) is 11.3 Å². The molecular formula is C6H7N3O3S. The molecular weight excluding hydrogens is 194 g/mol. The van der Waals surface area contributed by atoms with Gasteiger partial charge in [-0.25, -0.2) is 8.42 Å². The molecule has 1 N–H and O–H groups in total. The largest absolute Gasteiger partial charge is 0.363 e. The van der Waals surface area contributed by atoms with Crippen molar-refractivity contribution in [1.29, 1.82) is 5.26 Å². The highest BCUT2D eigenvalue weighted by Gasteiger charge is 2.20. The first-order valence-corrected chi connectivity index (χ1v) is 4.92. The SMILES string of the molecule is CC(C#N)S(=O)(=O)Nc1ccon1. The predicted molar refractivity (Wildman–Crippen MR) is 44.1 cm³/mol. The van der Waals surface area contributed by atoms with Crippen LogP contribution in [0.15, 0.2) is 16.9 Å². The fourth-order valence-electron chi connectivity index (χ4n) is 0.569. The zero-order valence-electron chi connectivity index (χ0n) is 6.76. The molecule has 0 aliphatic rings. The van der Waals surface area contributed by atoms with Crippen LogP contribution in [0.25, 0.3) is 0 Å². The maximum absolute atomic E-state index is 11.2. The fourth-order valence-corrected chi connectivity index (χ4v) is 1.28. The quantitative estimate of drug-likeness (QED) is 0.760. The first-order chi connectivity index (χ1) is 6.06. The monoisotopic (exact) mass is 201 g/mol. The van der Waals surface area contributed by atoms with Gasteiger partial charge >= 0.3 is 0 Å². The van der Waals surface area contributed by atoms with Crippen molar-refractivity contribution in [2.24, 2.45) is 0 Å². The van der Waals surface area contributed by atoms with Gasteiger partial charge in [0.15, 0.2) is 11.1 Å². The minimum absolute atomic E-state index is 0.0714. The summed E-state index contributed by atoms with van der Waals surface area (Å²) in [6.07, 6.45) is 1.23. The van der Waals surface area contributed by atoms with E-state index in [0.29, 0.717) is 0 Å². The van der Waals surface area contributed by atoms with Gasteiger partial charge < -0.3 is 4.52 Å². The Morgan fingerprint density at radius 2 is 2.46 bits per heavy atom. The maximum atomic E-state index is 11.2. The summed E-state index contributed by atoms with van der Waals surface area (Å²) < 4.78 is 28.9. The number of aromatic nitrogens is 1. The van der Waals surface area contributed by atoms with Crippen molar-refractivity contribution in [3.05, 3.63) is 12.3 Å². The topological polar surface area (TPSA) is 96.0 Å². The second-order valence-electron chi connectivity index (χ2n) is 2.30. The van der Waals surface area contributed by atoms with Crippen LogP contribution < -0.4 is 4.72 Å². The fraction of sp³-hybridized carbons (Fsp3) is 0.333. The normalized spacial score (nSPS) is 13.2. The van der Waals surface area contributed by atoms with Gasteiger partial charge in [0.25, 0.3) is 0 Å². The number of nitrogens with one attached hydrogen (secondary N) is 1. The molecule has 1 aromatic rings. The van der Waals surface area contributed by atoms with Crippen LogP contribution in [0.3, 0.4) is 0 Å². The van der Waals surface area contributed by atoms with Crippen molar-refractivity contribution in [3.63, 3.8) is 0 Å². The van der Waals surface area contributed by atoms with E-state index in [1.807, 2.05) is 0 Å². The minimum atomic E-state index is -3.67. The van der Waals surface area contributed by atoms with Crippen LogP contribution in [0.4, 0.5) is 5.82 Å². The Labute approximate surface area is 75.2 Å². The molecule has 0 fully saturated rings. The summed E-state index contributed by atoms with van der Waals surface area (Å²) in [5.74, 6) is 0.0714. The molecule has 13 heavy (non-hydrogen) atoms. The Morgan fingerprint density at radius 3 is 2.92 bits per heavy atom. The molecule has 1 heterocycles. The van der Waals surface area contributed by atoms with E-state index in [-0.39, 0.29) is 5.82 Å². The van der Waals surface area contributed by atoms with Crippen molar-refractivity contribution < 1.29 is 12.9 Å². The molecule has 0 amide bonds. The number of nitrogens with zero attached hydrogens (tertiary/aromatic N) is 2. The van der Waals surface area contributed by atoms with Gasteiger partial charge in [0.1, 0.15) is 6.26 Å². The molecule has 70 valence electrons. The summed E-state index contributed by atoms with van der Waals surface area (Å²) in [5.41, 5.74) is 0. The highest BCUT2D eigenvalue weighted by molar-refractivity contribution is 7.93. The molecule has 7 heteroatoms. The molecule has 0 aromatic carbocycles. The van der Waals surface area contributed by atoms with E-state index in [0.717, 1.165) is 0 Å². The number of sulfonamides is 1. The number of rotatable bonds is 3. The molecule has 6 nitrogen and oxygen atoms in total. The van der Waals surface area contributed by atoms with Gasteiger partial charge in [-0.05, 0) is 6.92 Å². The van der Waals surface area contributed by atoms with Crippen LogP contribution in [0.1, 0.15) is 6.92 Å². The minimum Gasteiger partial charge on any atom is -0.363 e. The van der Waals surface area contributed by atoms with Crippen LogP contribution >= 0.6 is 0 Å². The third-order valence-electron chi connectivity index (χ3n) is 1.33. The van der Waals surface area contributed by atoms with Crippen molar-refractivity contribution >= 4 is 15.8 Å². The van der Waals surface area contributed by atoms with Gasteiger partial charge in [-0.3, -0.25) is 4.72 Å². The molecule has 0 aliphatic carbocycles. The maximum Gasteiger partial charge on any atom is 0.250 e. The van der Waals surface area contributed by atoms with Gasteiger partial charge in [0.2, 0.25) is 10.0 Å². The highest BCUT2D eigenvalue weighted by Crippen LogP contribution is 2.07. The van der Waals surface area contributed by atoms with Gasteiger partial charge in [-0.1, -0.05) is 5.16 Å². The first kappa shape index (κ1) is 9.54. The van der Waals surface area contributed by atoms with E-state index < -0.39 is 15.3 Å². The average Bonchev–Trinajstić information content (AvgIpc) is 2.54. The molecule has 0 radical (unpaired) electrons. The lowest BCUT2D eigenvalue weighted by Gasteiger charge is -2.04. The van der Waals surface area contributed by atoms with Crippen molar-refractivity contribution in [2.75, 3.05) is 4.72 Å². The van der Waals surface area contributed by atoms with E-state index >= 15 is 0 Å². The summed E-state index contributed by atoms with van der Waals surface area (Å²) in [7, 11) is -3.67. The molecule has 0 spiro atoms. The van der Waals surface area contributed by atoms with E-state index in [2.05, 4.69) is 14.4 Å². The number of hydrogen-bond donors (Lipinski definition) is 1. The van der Waals surface area contributed by atoms with Crippen molar-refractivity contribution in [1.82, 2.24) is 5.16 Å². The Bertz CT molecular complexity index is 403. The summed E-state index contributed by atoms with van der Waals surface area (Å²) in [6.45, 7) is 1.28. The summed E-state index contributed by atoms with van der Waals surface area (Å²) in [6, 6.07) is 2.96. The Kier molecular flexibility index (Phi) is 2.53. The first-order valence-electron chi connectivity index (χ1n) is 3.38. The second-order valence-corrected chi connectivity index (χ2v) is 4.30. The smallest absolute Gasteiger partial charge is 0.250 e. The lowest BCUT2D eigenvalue weighted by Crippen LogP contribution is -2.23. The molecule has 0 aliphatic heterocycles. The summed E-state index contributed by atoms with van der Waals surface area (Å²) >= 11 is 0. The van der Waals surface area contributed by atoms with Crippen LogP contribution in [0.5, 0.6) is 0 Å². The number of nitriles is 1. The molecule has 0 saturated carbocycles. The van der Waals surface area contributed by atoms with E-state index in [1.54, 1.807) is 6.07 Å². The Morgan fingerprint density at radius 1 is 1.77 bits per heavy atom. The van der Waals surface area contributed by atoms with Crippen molar-refractivity contribution in [2.45, 2.75) is 12.2 Å². The summed E-state index contributed by atoms with van der Waals surface area (Å²) in [4.78, 5) is 0. The second kappa shape index (κ2) is 3.45. The highest BCUT2D eigenvalue weighted by atomic mass is 32.2. The van der Waals surface area contributed by atoms with E-state index in [9.17, 15) is 8.42 Å². The number of anilines is 1. The lowest BCUT2D eigenvalue weighted by atomic mass is 10.5. The van der Waals surface area contributed by atoms with Crippen LogP contribution in [-0.2, 0) is 10.0 Å². The summed E-state index contributed by atoms with van der Waals surface area (Å²) in [5, 5.41) is 10.6. The molecule has 1 aromatic heterocycles. The zero-order chi connectivity index (χ0) is 9.90.